The number of carbonyl (C=O) groups excluding carboxylic acids is 2. The first kappa shape index (κ1) is 13.9. The Morgan fingerprint density at radius 2 is 2.00 bits per heavy atom. The van der Waals surface area contributed by atoms with Crippen LogP contribution in [0.5, 0.6) is 0 Å². The lowest BCUT2D eigenvalue weighted by atomic mass is 9.73. The molecule has 3 fully saturated rings. The summed E-state index contributed by atoms with van der Waals surface area (Å²) in [7, 11) is 0. The average molecular weight is 311 g/mol. The number of hydrogen-bond donors (Lipinski definition) is 1. The predicted molar refractivity (Wildman–Crippen MR) is 81.3 cm³/mol. The molecular formula is C16H17N5O2. The molecule has 1 aromatic heterocycles. The minimum Gasteiger partial charge on any atom is -0.368 e. The molecule has 0 atom stereocenters. The zero-order valence-corrected chi connectivity index (χ0v) is 12.6. The van der Waals surface area contributed by atoms with Crippen molar-refractivity contribution in [1.82, 2.24) is 19.9 Å². The number of carbonyl (C=O) groups is 2. The second-order valence-electron chi connectivity index (χ2n) is 6.38. The molecule has 1 aliphatic carbocycles. The number of benzene rings is 1. The van der Waals surface area contributed by atoms with Crippen LogP contribution >= 0.6 is 0 Å². The van der Waals surface area contributed by atoms with E-state index in [1.54, 1.807) is 34.1 Å². The number of amides is 2. The summed E-state index contributed by atoms with van der Waals surface area (Å²) in [6.07, 6.45) is 4.82. The molecule has 2 bridgehead atoms. The molecule has 1 saturated carbocycles. The van der Waals surface area contributed by atoms with Crippen molar-refractivity contribution >= 4 is 11.8 Å². The number of aromatic nitrogens is 3. The molecule has 1 aromatic carbocycles. The number of primary amides is 1. The van der Waals surface area contributed by atoms with E-state index in [9.17, 15) is 9.59 Å². The Bertz CT molecular complexity index is 747. The van der Waals surface area contributed by atoms with E-state index in [-0.39, 0.29) is 11.8 Å². The van der Waals surface area contributed by atoms with Crippen molar-refractivity contribution in [3.63, 3.8) is 0 Å². The summed E-state index contributed by atoms with van der Waals surface area (Å²) < 4.78 is 1.72. The van der Waals surface area contributed by atoms with Gasteiger partial charge in [-0.2, -0.15) is 0 Å². The van der Waals surface area contributed by atoms with Crippen LogP contribution in [0.2, 0.25) is 0 Å². The van der Waals surface area contributed by atoms with Crippen molar-refractivity contribution in [2.24, 2.45) is 11.7 Å². The fraction of sp³-hybridized carbons (Fsp3) is 0.375. The molecule has 2 aromatic rings. The third kappa shape index (κ3) is 2.11. The third-order valence-corrected chi connectivity index (χ3v) is 4.93. The van der Waals surface area contributed by atoms with E-state index in [1.165, 1.54) is 0 Å². The van der Waals surface area contributed by atoms with Gasteiger partial charge in [0.15, 0.2) is 0 Å². The van der Waals surface area contributed by atoms with Gasteiger partial charge in [-0.1, -0.05) is 17.3 Å². The quantitative estimate of drug-likeness (QED) is 0.885. The van der Waals surface area contributed by atoms with Crippen molar-refractivity contribution < 1.29 is 9.59 Å². The number of nitrogens with zero attached hydrogens (tertiary/aromatic N) is 4. The van der Waals surface area contributed by atoms with Gasteiger partial charge < -0.3 is 10.6 Å². The summed E-state index contributed by atoms with van der Waals surface area (Å²) in [5.41, 5.74) is 6.39. The lowest BCUT2D eigenvalue weighted by Gasteiger charge is -2.38. The highest BCUT2D eigenvalue weighted by molar-refractivity contribution is 6.00. The number of rotatable bonds is 4. The summed E-state index contributed by atoms with van der Waals surface area (Å²) in [6.45, 7) is 1.23. The van der Waals surface area contributed by atoms with Gasteiger partial charge in [0.2, 0.25) is 5.91 Å². The highest BCUT2D eigenvalue weighted by atomic mass is 16.2. The van der Waals surface area contributed by atoms with Crippen LogP contribution in [-0.4, -0.2) is 43.8 Å². The van der Waals surface area contributed by atoms with Crippen LogP contribution < -0.4 is 5.73 Å². The first-order chi connectivity index (χ1) is 11.1. The van der Waals surface area contributed by atoms with Crippen molar-refractivity contribution in [3.8, 4) is 0 Å². The van der Waals surface area contributed by atoms with Gasteiger partial charge in [-0.05, 0) is 36.5 Å². The van der Waals surface area contributed by atoms with Gasteiger partial charge in [0.1, 0.15) is 5.54 Å². The normalized spacial score (nSPS) is 25.2. The predicted octanol–water partition coefficient (Wildman–Crippen LogP) is 0.416. The summed E-state index contributed by atoms with van der Waals surface area (Å²) in [5.74, 6) is -0.0865. The highest BCUT2D eigenvalue weighted by Crippen LogP contribution is 2.50. The molecule has 5 rings (SSSR count). The van der Waals surface area contributed by atoms with Crippen LogP contribution in [0.25, 0.3) is 0 Å². The molecule has 2 N–H and O–H groups in total. The van der Waals surface area contributed by atoms with Crippen LogP contribution in [0.1, 0.15) is 28.8 Å². The van der Waals surface area contributed by atoms with Gasteiger partial charge in [-0.3, -0.25) is 9.59 Å². The van der Waals surface area contributed by atoms with Gasteiger partial charge in [0.05, 0.1) is 12.7 Å². The molecule has 3 aliphatic rings. The van der Waals surface area contributed by atoms with E-state index in [4.69, 9.17) is 5.73 Å². The molecule has 7 heteroatoms. The van der Waals surface area contributed by atoms with Crippen LogP contribution in [-0.2, 0) is 11.3 Å². The monoisotopic (exact) mass is 311 g/mol. The molecule has 0 unspecified atom stereocenters. The lowest BCUT2D eigenvalue weighted by molar-refractivity contribution is -0.129. The minimum absolute atomic E-state index is 0.115. The second kappa shape index (κ2) is 4.91. The van der Waals surface area contributed by atoms with Crippen LogP contribution in [0.15, 0.2) is 36.7 Å². The first-order valence-electron chi connectivity index (χ1n) is 7.63. The molecule has 23 heavy (non-hydrogen) atoms. The molecule has 2 saturated heterocycles. The van der Waals surface area contributed by atoms with Crippen LogP contribution in [0.3, 0.4) is 0 Å². The molecule has 118 valence electrons. The molecule has 2 aliphatic heterocycles. The lowest BCUT2D eigenvalue weighted by Crippen LogP contribution is -2.57. The maximum absolute atomic E-state index is 12.7. The van der Waals surface area contributed by atoms with Crippen molar-refractivity contribution in [2.75, 3.05) is 6.54 Å². The van der Waals surface area contributed by atoms with Gasteiger partial charge in [0, 0.05) is 18.3 Å². The summed E-state index contributed by atoms with van der Waals surface area (Å²) in [5, 5.41) is 7.68. The van der Waals surface area contributed by atoms with Gasteiger partial charge >= 0.3 is 0 Å². The van der Waals surface area contributed by atoms with E-state index in [2.05, 4.69) is 10.3 Å². The summed E-state index contributed by atoms with van der Waals surface area (Å²) in [6, 6.07) is 7.37. The highest BCUT2D eigenvalue weighted by Gasteiger charge is 2.61. The summed E-state index contributed by atoms with van der Waals surface area (Å²) >= 11 is 0. The Balaban J connectivity index is 1.52. The topological polar surface area (TPSA) is 94.1 Å². The van der Waals surface area contributed by atoms with E-state index >= 15 is 0 Å². The standard InChI is InChI=1S/C16H17N5O2/c17-15(23)16-7-12(8-16)10-21(16)14(22)13-3-1-11(2-4-13)9-20-6-5-18-19-20/h1-6,12H,7-10H2,(H2,17,23). The van der Waals surface area contributed by atoms with Gasteiger partial charge in [-0.25, -0.2) is 4.68 Å². The Labute approximate surface area is 133 Å². The zero-order valence-electron chi connectivity index (χ0n) is 12.6. The third-order valence-electron chi connectivity index (χ3n) is 4.93. The maximum atomic E-state index is 12.7. The molecule has 2 amide bonds. The fourth-order valence-corrected chi connectivity index (χ4v) is 3.70. The molecule has 3 heterocycles. The Hall–Kier alpha value is -2.70. The van der Waals surface area contributed by atoms with E-state index in [1.807, 2.05) is 12.1 Å². The largest absolute Gasteiger partial charge is 0.368 e. The SMILES string of the molecule is NC(=O)C12CC(CN1C(=O)c1ccc(Cn3ccnn3)cc1)C2. The van der Waals surface area contributed by atoms with Crippen molar-refractivity contribution in [3.05, 3.63) is 47.8 Å². The van der Waals surface area contributed by atoms with Crippen LogP contribution in [0.4, 0.5) is 0 Å². The Kier molecular flexibility index (Phi) is 2.97. The Morgan fingerprint density at radius 3 is 2.61 bits per heavy atom. The van der Waals surface area contributed by atoms with E-state index in [0.717, 1.165) is 5.56 Å². The van der Waals surface area contributed by atoms with E-state index in [0.29, 0.717) is 37.4 Å². The molecule has 7 nitrogen and oxygen atoms in total. The minimum atomic E-state index is -0.749. The smallest absolute Gasteiger partial charge is 0.254 e. The number of fused-ring (bicyclic) bond motifs is 1. The molecule has 0 radical (unpaired) electrons. The second-order valence-corrected chi connectivity index (χ2v) is 6.38. The van der Waals surface area contributed by atoms with E-state index < -0.39 is 5.54 Å². The average Bonchev–Trinajstić information content (AvgIpc) is 3.21. The Morgan fingerprint density at radius 1 is 1.26 bits per heavy atom. The maximum Gasteiger partial charge on any atom is 0.254 e. The summed E-state index contributed by atoms with van der Waals surface area (Å²) in [4.78, 5) is 26.1. The van der Waals surface area contributed by atoms with Gasteiger partial charge in [-0.15, -0.1) is 5.10 Å². The fourth-order valence-electron chi connectivity index (χ4n) is 3.70. The molecular weight excluding hydrogens is 294 g/mol. The van der Waals surface area contributed by atoms with Crippen LogP contribution in [0, 0.1) is 5.92 Å². The number of nitrogens with two attached hydrogens (primary N) is 1. The zero-order chi connectivity index (χ0) is 16.0. The van der Waals surface area contributed by atoms with Gasteiger partial charge in [0.25, 0.3) is 5.91 Å². The first-order valence-corrected chi connectivity index (χ1v) is 7.63. The van der Waals surface area contributed by atoms with Crippen molar-refractivity contribution in [1.29, 1.82) is 0 Å². The number of hydrogen-bond acceptors (Lipinski definition) is 4. The van der Waals surface area contributed by atoms with Crippen molar-refractivity contribution in [2.45, 2.75) is 24.9 Å². The molecule has 0 spiro atoms.